The molecule has 1 aromatic rings. The molecule has 0 aliphatic rings. The summed E-state index contributed by atoms with van der Waals surface area (Å²) in [6.45, 7) is 4.15. The fourth-order valence-corrected chi connectivity index (χ4v) is 1.85. The third-order valence-electron chi connectivity index (χ3n) is 2.91. The number of nitro benzene ring substituents is 1. The molecule has 110 valence electrons. The summed E-state index contributed by atoms with van der Waals surface area (Å²) in [7, 11) is 0. The van der Waals surface area contributed by atoms with Crippen molar-refractivity contribution in [2.75, 3.05) is 18.9 Å². The van der Waals surface area contributed by atoms with Crippen LogP contribution in [-0.4, -0.2) is 40.0 Å². The smallest absolute Gasteiger partial charge is 0.292 e. The van der Waals surface area contributed by atoms with Gasteiger partial charge < -0.3 is 15.7 Å². The second-order valence-electron chi connectivity index (χ2n) is 4.70. The van der Waals surface area contributed by atoms with Crippen molar-refractivity contribution in [1.82, 2.24) is 4.90 Å². The number of nitrogen functional groups attached to an aromatic ring is 1. The van der Waals surface area contributed by atoms with Gasteiger partial charge in [-0.3, -0.25) is 14.9 Å². The van der Waals surface area contributed by atoms with E-state index in [2.05, 4.69) is 0 Å². The van der Waals surface area contributed by atoms with Gasteiger partial charge in [-0.05, 0) is 32.4 Å². The average molecular weight is 281 g/mol. The lowest BCUT2D eigenvalue weighted by atomic mass is 10.1. The SMILES string of the molecule is CC(C)N(CCCO)C(=O)c1ccc([N+](=O)[O-])c(N)c1. The molecule has 0 aliphatic carbocycles. The summed E-state index contributed by atoms with van der Waals surface area (Å²) in [4.78, 5) is 24.0. The number of carbonyl (C=O) groups excluding carboxylic acids is 1. The zero-order chi connectivity index (χ0) is 15.3. The summed E-state index contributed by atoms with van der Waals surface area (Å²) in [6, 6.07) is 3.90. The molecule has 0 aliphatic heterocycles. The highest BCUT2D eigenvalue weighted by Gasteiger charge is 2.20. The van der Waals surface area contributed by atoms with Crippen molar-refractivity contribution in [2.45, 2.75) is 26.3 Å². The maximum absolute atomic E-state index is 12.3. The highest BCUT2D eigenvalue weighted by Crippen LogP contribution is 2.23. The van der Waals surface area contributed by atoms with Gasteiger partial charge in [-0.15, -0.1) is 0 Å². The van der Waals surface area contributed by atoms with E-state index in [1.54, 1.807) is 4.90 Å². The molecule has 0 heterocycles. The molecule has 0 saturated carbocycles. The third-order valence-corrected chi connectivity index (χ3v) is 2.91. The number of rotatable bonds is 6. The first-order valence-electron chi connectivity index (χ1n) is 6.34. The van der Waals surface area contributed by atoms with E-state index in [1.807, 2.05) is 13.8 Å². The summed E-state index contributed by atoms with van der Waals surface area (Å²) in [5.41, 5.74) is 5.64. The van der Waals surface area contributed by atoms with Gasteiger partial charge in [0.1, 0.15) is 5.69 Å². The molecule has 1 rings (SSSR count). The van der Waals surface area contributed by atoms with Crippen LogP contribution in [0.2, 0.25) is 0 Å². The van der Waals surface area contributed by atoms with Crippen LogP contribution >= 0.6 is 0 Å². The van der Waals surface area contributed by atoms with Crippen LogP contribution in [0.1, 0.15) is 30.6 Å². The molecular weight excluding hydrogens is 262 g/mol. The number of aliphatic hydroxyl groups excluding tert-OH is 1. The molecule has 3 N–H and O–H groups in total. The van der Waals surface area contributed by atoms with Crippen molar-refractivity contribution in [3.05, 3.63) is 33.9 Å². The van der Waals surface area contributed by atoms with E-state index in [0.29, 0.717) is 18.5 Å². The van der Waals surface area contributed by atoms with Gasteiger partial charge in [0.05, 0.1) is 4.92 Å². The van der Waals surface area contributed by atoms with E-state index >= 15 is 0 Å². The van der Waals surface area contributed by atoms with Crippen LogP contribution in [0.3, 0.4) is 0 Å². The Morgan fingerprint density at radius 2 is 2.15 bits per heavy atom. The maximum atomic E-state index is 12.3. The Labute approximate surface area is 117 Å². The molecule has 0 unspecified atom stereocenters. The first-order chi connectivity index (χ1) is 9.38. The Balaban J connectivity index is 3.00. The molecule has 7 nitrogen and oxygen atoms in total. The van der Waals surface area contributed by atoms with Crippen LogP contribution in [0.15, 0.2) is 18.2 Å². The number of nitro groups is 1. The van der Waals surface area contributed by atoms with E-state index < -0.39 is 4.92 Å². The number of hydrogen-bond donors (Lipinski definition) is 2. The number of carbonyl (C=O) groups is 1. The Bertz CT molecular complexity index is 502. The van der Waals surface area contributed by atoms with Crippen LogP contribution < -0.4 is 5.73 Å². The Morgan fingerprint density at radius 3 is 2.60 bits per heavy atom. The van der Waals surface area contributed by atoms with Crippen molar-refractivity contribution in [1.29, 1.82) is 0 Å². The topological polar surface area (TPSA) is 110 Å². The van der Waals surface area contributed by atoms with Gasteiger partial charge in [-0.1, -0.05) is 0 Å². The van der Waals surface area contributed by atoms with Crippen LogP contribution in [0.5, 0.6) is 0 Å². The summed E-state index contributed by atoms with van der Waals surface area (Å²) in [5, 5.41) is 19.5. The molecule has 7 heteroatoms. The number of aliphatic hydroxyl groups is 1. The number of amides is 1. The van der Waals surface area contributed by atoms with Gasteiger partial charge in [-0.25, -0.2) is 0 Å². The number of nitrogens with two attached hydrogens (primary N) is 1. The van der Waals surface area contributed by atoms with E-state index in [0.717, 1.165) is 0 Å². The zero-order valence-electron chi connectivity index (χ0n) is 11.6. The van der Waals surface area contributed by atoms with Crippen LogP contribution in [-0.2, 0) is 0 Å². The highest BCUT2D eigenvalue weighted by atomic mass is 16.6. The number of nitrogens with zero attached hydrogens (tertiary/aromatic N) is 2. The molecule has 0 fully saturated rings. The lowest BCUT2D eigenvalue weighted by Gasteiger charge is -2.26. The number of anilines is 1. The van der Waals surface area contributed by atoms with Gasteiger partial charge in [0.15, 0.2) is 0 Å². The van der Waals surface area contributed by atoms with E-state index in [9.17, 15) is 14.9 Å². The standard InChI is InChI=1S/C13H19N3O4/c1-9(2)15(6-3-7-17)13(18)10-4-5-12(16(19)20)11(14)8-10/h4-5,8-9,17H,3,6-7,14H2,1-2H3. The normalized spacial score (nSPS) is 10.6. The van der Waals surface area contributed by atoms with Gasteiger partial charge in [0, 0.05) is 30.8 Å². The van der Waals surface area contributed by atoms with Crippen molar-refractivity contribution >= 4 is 17.3 Å². The minimum atomic E-state index is -0.588. The first-order valence-corrected chi connectivity index (χ1v) is 6.34. The summed E-state index contributed by atoms with van der Waals surface area (Å²) in [5.74, 6) is -0.255. The van der Waals surface area contributed by atoms with Crippen molar-refractivity contribution < 1.29 is 14.8 Å². The molecule has 0 bridgehead atoms. The predicted molar refractivity (Wildman–Crippen MR) is 75.4 cm³/mol. The summed E-state index contributed by atoms with van der Waals surface area (Å²) >= 11 is 0. The van der Waals surface area contributed by atoms with E-state index in [-0.39, 0.29) is 29.9 Å². The Morgan fingerprint density at radius 1 is 1.50 bits per heavy atom. The van der Waals surface area contributed by atoms with Crippen molar-refractivity contribution in [2.24, 2.45) is 0 Å². The largest absolute Gasteiger partial charge is 0.396 e. The van der Waals surface area contributed by atoms with Gasteiger partial charge in [0.2, 0.25) is 0 Å². The maximum Gasteiger partial charge on any atom is 0.292 e. The molecule has 1 amide bonds. The van der Waals surface area contributed by atoms with Crippen LogP contribution in [0, 0.1) is 10.1 Å². The van der Waals surface area contributed by atoms with E-state index in [1.165, 1.54) is 18.2 Å². The summed E-state index contributed by atoms with van der Waals surface area (Å²) in [6.07, 6.45) is 0.479. The number of hydrogen-bond acceptors (Lipinski definition) is 5. The minimum absolute atomic E-state index is 0.00109. The predicted octanol–water partition coefficient (Wildman–Crippen LogP) is 1.41. The molecule has 1 aromatic carbocycles. The van der Waals surface area contributed by atoms with Gasteiger partial charge in [-0.2, -0.15) is 0 Å². The summed E-state index contributed by atoms with van der Waals surface area (Å²) < 4.78 is 0. The molecule has 0 aromatic heterocycles. The second-order valence-corrected chi connectivity index (χ2v) is 4.70. The lowest BCUT2D eigenvalue weighted by molar-refractivity contribution is -0.383. The molecule has 0 atom stereocenters. The monoisotopic (exact) mass is 281 g/mol. The minimum Gasteiger partial charge on any atom is -0.396 e. The lowest BCUT2D eigenvalue weighted by Crippen LogP contribution is -2.38. The third kappa shape index (κ3) is 3.67. The van der Waals surface area contributed by atoms with Crippen LogP contribution in [0.4, 0.5) is 11.4 Å². The quantitative estimate of drug-likeness (QED) is 0.465. The Kier molecular flexibility index (Phi) is 5.45. The molecule has 0 radical (unpaired) electrons. The second kappa shape index (κ2) is 6.85. The first kappa shape index (κ1) is 15.9. The fourth-order valence-electron chi connectivity index (χ4n) is 1.85. The Hall–Kier alpha value is -2.15. The van der Waals surface area contributed by atoms with Gasteiger partial charge in [0.25, 0.3) is 11.6 Å². The van der Waals surface area contributed by atoms with Crippen LogP contribution in [0.25, 0.3) is 0 Å². The van der Waals surface area contributed by atoms with Crippen molar-refractivity contribution in [3.8, 4) is 0 Å². The van der Waals surface area contributed by atoms with Crippen molar-refractivity contribution in [3.63, 3.8) is 0 Å². The molecule has 0 saturated heterocycles. The number of benzene rings is 1. The van der Waals surface area contributed by atoms with Gasteiger partial charge >= 0.3 is 0 Å². The highest BCUT2D eigenvalue weighted by molar-refractivity contribution is 5.96. The molecule has 0 spiro atoms. The molecular formula is C13H19N3O4. The molecule has 20 heavy (non-hydrogen) atoms. The van der Waals surface area contributed by atoms with E-state index in [4.69, 9.17) is 10.8 Å². The fraction of sp³-hybridized carbons (Fsp3) is 0.462. The average Bonchev–Trinajstić information content (AvgIpc) is 2.37. The zero-order valence-corrected chi connectivity index (χ0v) is 11.6.